The second kappa shape index (κ2) is 6.72. The van der Waals surface area contributed by atoms with E-state index in [0.29, 0.717) is 33.5 Å². The molecule has 3 aromatic rings. The number of halogens is 1. The Bertz CT molecular complexity index is 1190. The molecule has 2 aromatic carbocycles. The van der Waals surface area contributed by atoms with Crippen molar-refractivity contribution in [2.24, 2.45) is 0 Å². The van der Waals surface area contributed by atoms with Crippen LogP contribution < -0.4 is 14.4 Å². The number of aryl methyl sites for hydroxylation is 1. The van der Waals surface area contributed by atoms with E-state index in [1.807, 2.05) is 13.0 Å². The number of carbonyl (C=O) groups excluding carboxylic acids is 1. The van der Waals surface area contributed by atoms with Gasteiger partial charge in [0.05, 0.1) is 23.5 Å². The number of rotatable bonds is 3. The zero-order valence-corrected chi connectivity index (χ0v) is 16.7. The van der Waals surface area contributed by atoms with Crippen LogP contribution in [-0.4, -0.2) is 33.2 Å². The van der Waals surface area contributed by atoms with E-state index < -0.39 is 22.0 Å². The van der Waals surface area contributed by atoms with E-state index in [0.717, 1.165) is 11.6 Å². The predicted molar refractivity (Wildman–Crippen MR) is 108 cm³/mol. The number of furan rings is 1. The first-order chi connectivity index (χ1) is 13.2. The first kappa shape index (κ1) is 18.6. The number of nitrogens with one attached hydrogen (secondary N) is 1. The van der Waals surface area contributed by atoms with Crippen molar-refractivity contribution >= 4 is 49.9 Å². The molecule has 0 saturated carbocycles. The van der Waals surface area contributed by atoms with E-state index in [9.17, 15) is 13.2 Å². The number of amides is 1. The number of sulfonamides is 1. The molecule has 0 fully saturated rings. The van der Waals surface area contributed by atoms with Crippen molar-refractivity contribution < 1.29 is 22.4 Å². The third-order valence-electron chi connectivity index (χ3n) is 4.39. The highest BCUT2D eigenvalue weighted by atomic mass is 35.5. The van der Waals surface area contributed by atoms with Crippen molar-refractivity contribution in [1.82, 2.24) is 0 Å². The highest BCUT2D eigenvalue weighted by molar-refractivity contribution is 7.92. The Kier molecular flexibility index (Phi) is 4.47. The summed E-state index contributed by atoms with van der Waals surface area (Å²) < 4.78 is 36.8. The van der Waals surface area contributed by atoms with Crippen LogP contribution >= 0.6 is 11.6 Å². The summed E-state index contributed by atoms with van der Waals surface area (Å²) in [6.45, 7) is 1.68. The van der Waals surface area contributed by atoms with Crippen molar-refractivity contribution in [2.45, 2.75) is 13.0 Å². The standard InChI is InChI=1S/C19H17ClN2O5S/c1-11-7-12-8-13(9-14(20)18(12)26-11)21-19(23)17-10-22(28(2,24)25)15-5-3-4-6-16(15)27-17/h3-9,17H,10H2,1-2H3,(H,21,23)/t17-/m1/s1. The fourth-order valence-electron chi connectivity index (χ4n) is 3.19. The molecule has 1 aromatic heterocycles. The Labute approximate surface area is 166 Å². The van der Waals surface area contributed by atoms with E-state index >= 15 is 0 Å². The van der Waals surface area contributed by atoms with Crippen LogP contribution in [0.4, 0.5) is 11.4 Å². The van der Waals surface area contributed by atoms with Crippen LogP contribution in [0, 0.1) is 6.92 Å². The van der Waals surface area contributed by atoms with Gasteiger partial charge in [-0.3, -0.25) is 9.10 Å². The zero-order chi connectivity index (χ0) is 20.1. The molecule has 28 heavy (non-hydrogen) atoms. The number of anilines is 2. The summed E-state index contributed by atoms with van der Waals surface area (Å²) in [5.74, 6) is 0.563. The predicted octanol–water partition coefficient (Wildman–Crippen LogP) is 3.56. The molecule has 1 aliphatic heterocycles. The van der Waals surface area contributed by atoms with Crippen LogP contribution in [-0.2, 0) is 14.8 Å². The molecular formula is C19H17ClN2O5S. The van der Waals surface area contributed by atoms with Crippen LogP contribution in [0.3, 0.4) is 0 Å². The molecule has 7 nitrogen and oxygen atoms in total. The summed E-state index contributed by atoms with van der Waals surface area (Å²) in [6, 6.07) is 11.8. The third-order valence-corrected chi connectivity index (χ3v) is 5.82. The SMILES string of the molecule is Cc1cc2cc(NC(=O)[C@H]3CN(S(C)(=O)=O)c4ccccc4O3)cc(Cl)c2o1. The number of benzene rings is 2. The van der Waals surface area contributed by atoms with Crippen LogP contribution in [0.25, 0.3) is 11.0 Å². The average molecular weight is 421 g/mol. The highest BCUT2D eigenvalue weighted by Crippen LogP contribution is 2.35. The van der Waals surface area contributed by atoms with Crippen molar-refractivity contribution in [1.29, 1.82) is 0 Å². The van der Waals surface area contributed by atoms with E-state index in [1.54, 1.807) is 36.4 Å². The lowest BCUT2D eigenvalue weighted by molar-refractivity contribution is -0.122. The maximum Gasteiger partial charge on any atom is 0.267 e. The zero-order valence-electron chi connectivity index (χ0n) is 15.1. The molecular weight excluding hydrogens is 404 g/mol. The summed E-state index contributed by atoms with van der Waals surface area (Å²) in [6.07, 6.45) is 0.0871. The fourth-order valence-corrected chi connectivity index (χ4v) is 4.37. The van der Waals surface area contributed by atoms with Gasteiger partial charge >= 0.3 is 0 Å². The van der Waals surface area contributed by atoms with Gasteiger partial charge in [-0.25, -0.2) is 8.42 Å². The summed E-state index contributed by atoms with van der Waals surface area (Å²) in [4.78, 5) is 12.8. The van der Waals surface area contributed by atoms with Gasteiger partial charge in [0.1, 0.15) is 11.5 Å². The number of nitrogens with zero attached hydrogens (tertiary/aromatic N) is 1. The van der Waals surface area contributed by atoms with Crippen LogP contribution in [0.15, 0.2) is 46.9 Å². The molecule has 1 amide bonds. The fraction of sp³-hybridized carbons (Fsp3) is 0.211. The summed E-state index contributed by atoms with van der Waals surface area (Å²) >= 11 is 6.23. The number of carbonyl (C=O) groups is 1. The molecule has 9 heteroatoms. The maximum absolute atomic E-state index is 12.8. The Morgan fingerprint density at radius 2 is 2.00 bits per heavy atom. The lowest BCUT2D eigenvalue weighted by atomic mass is 10.2. The number of hydrogen-bond acceptors (Lipinski definition) is 5. The smallest absolute Gasteiger partial charge is 0.267 e. The largest absolute Gasteiger partial charge is 0.476 e. The van der Waals surface area contributed by atoms with E-state index in [2.05, 4.69) is 5.32 Å². The van der Waals surface area contributed by atoms with Crippen LogP contribution in [0.1, 0.15) is 5.76 Å². The van der Waals surface area contributed by atoms with E-state index in [4.69, 9.17) is 20.8 Å². The second-order valence-corrected chi connectivity index (χ2v) is 8.91. The van der Waals surface area contributed by atoms with Gasteiger partial charge in [0.25, 0.3) is 5.91 Å². The molecule has 0 unspecified atom stereocenters. The first-order valence-corrected chi connectivity index (χ1v) is 10.7. The number of fused-ring (bicyclic) bond motifs is 2. The van der Waals surface area contributed by atoms with Gasteiger partial charge in [-0.15, -0.1) is 0 Å². The molecule has 0 bridgehead atoms. The minimum Gasteiger partial charge on any atom is -0.476 e. The minimum absolute atomic E-state index is 0.123. The number of hydrogen-bond donors (Lipinski definition) is 1. The molecule has 0 spiro atoms. The molecule has 0 aliphatic carbocycles. The molecule has 0 saturated heterocycles. The van der Waals surface area contributed by atoms with Crippen molar-refractivity contribution in [2.75, 3.05) is 22.4 Å². The lowest BCUT2D eigenvalue weighted by Crippen LogP contribution is -2.48. The van der Waals surface area contributed by atoms with Gasteiger partial charge in [-0.05, 0) is 37.3 Å². The van der Waals surface area contributed by atoms with Crippen molar-refractivity contribution in [3.63, 3.8) is 0 Å². The molecule has 2 heterocycles. The van der Waals surface area contributed by atoms with Gasteiger partial charge in [-0.1, -0.05) is 23.7 Å². The molecule has 0 radical (unpaired) electrons. The van der Waals surface area contributed by atoms with E-state index in [1.165, 1.54) is 4.31 Å². The topological polar surface area (TPSA) is 88.9 Å². The maximum atomic E-state index is 12.8. The average Bonchev–Trinajstić information content (AvgIpc) is 3.00. The van der Waals surface area contributed by atoms with Crippen molar-refractivity contribution in [3.05, 3.63) is 53.2 Å². The summed E-state index contributed by atoms with van der Waals surface area (Å²) in [7, 11) is -3.57. The van der Waals surface area contributed by atoms with Crippen molar-refractivity contribution in [3.8, 4) is 5.75 Å². The Morgan fingerprint density at radius 3 is 2.75 bits per heavy atom. The Hall–Kier alpha value is -2.71. The van der Waals surface area contributed by atoms with Gasteiger partial charge < -0.3 is 14.5 Å². The van der Waals surface area contributed by atoms with Gasteiger partial charge in [0.15, 0.2) is 11.7 Å². The minimum atomic E-state index is -3.57. The quantitative estimate of drug-likeness (QED) is 0.699. The molecule has 4 rings (SSSR count). The lowest BCUT2D eigenvalue weighted by Gasteiger charge is -2.33. The van der Waals surface area contributed by atoms with Gasteiger partial charge in [0.2, 0.25) is 10.0 Å². The molecule has 146 valence electrons. The molecule has 1 atom stereocenters. The van der Waals surface area contributed by atoms with Gasteiger partial charge in [-0.2, -0.15) is 0 Å². The number of para-hydroxylation sites is 2. The number of ether oxygens (including phenoxy) is 1. The second-order valence-electron chi connectivity index (χ2n) is 6.59. The van der Waals surface area contributed by atoms with Crippen LogP contribution in [0.5, 0.6) is 5.75 Å². The van der Waals surface area contributed by atoms with Gasteiger partial charge in [0, 0.05) is 11.1 Å². The normalized spacial score (nSPS) is 16.5. The van der Waals surface area contributed by atoms with E-state index in [-0.39, 0.29) is 6.54 Å². The monoisotopic (exact) mass is 420 g/mol. The third kappa shape index (κ3) is 3.41. The first-order valence-electron chi connectivity index (χ1n) is 8.46. The highest BCUT2D eigenvalue weighted by Gasteiger charge is 2.35. The summed E-state index contributed by atoms with van der Waals surface area (Å²) in [5, 5.41) is 3.87. The Balaban J connectivity index is 1.62. The molecule has 1 aliphatic rings. The van der Waals surface area contributed by atoms with Crippen LogP contribution in [0.2, 0.25) is 5.02 Å². The molecule has 1 N–H and O–H groups in total. The summed E-state index contributed by atoms with van der Waals surface area (Å²) in [5.41, 5.74) is 1.42. The Morgan fingerprint density at radius 1 is 1.25 bits per heavy atom.